The molecule has 0 amide bonds. The number of aryl methyl sites for hydroxylation is 1. The van der Waals surface area contributed by atoms with Crippen molar-refractivity contribution in [3.05, 3.63) is 36.2 Å². The van der Waals surface area contributed by atoms with Gasteiger partial charge in [0.15, 0.2) is 5.82 Å². The van der Waals surface area contributed by atoms with Crippen LogP contribution < -0.4 is 4.90 Å². The largest absolute Gasteiger partial charge is 0.490 e. The Bertz CT molecular complexity index is 1060. The van der Waals surface area contributed by atoms with Gasteiger partial charge >= 0.3 is 24.3 Å². The van der Waals surface area contributed by atoms with Crippen LogP contribution >= 0.6 is 0 Å². The van der Waals surface area contributed by atoms with Crippen molar-refractivity contribution in [2.45, 2.75) is 37.3 Å². The summed E-state index contributed by atoms with van der Waals surface area (Å²) < 4.78 is 84.5. The molecular weight excluding hydrogens is 549 g/mol. The molecule has 39 heavy (non-hydrogen) atoms. The molecule has 2 N–H and O–H groups in total. The van der Waals surface area contributed by atoms with Crippen molar-refractivity contribution in [2.24, 2.45) is 7.05 Å². The van der Waals surface area contributed by atoms with Crippen LogP contribution in [0, 0.1) is 5.82 Å². The van der Waals surface area contributed by atoms with E-state index in [1.165, 1.54) is 18.0 Å². The SMILES string of the molecule is Cn1cc(CN2CCC3(CC2)CN(c2ncc(F)cn2)CCO3)cn1.O=C(O)C(F)(F)F.O=C(O)C(F)(F)F. The first-order valence-corrected chi connectivity index (χ1v) is 11.2. The van der Waals surface area contributed by atoms with Crippen molar-refractivity contribution < 1.29 is 55.3 Å². The number of aliphatic carboxylic acids is 2. The van der Waals surface area contributed by atoms with Gasteiger partial charge in [-0.3, -0.25) is 9.58 Å². The van der Waals surface area contributed by atoms with Crippen molar-refractivity contribution >= 4 is 17.9 Å². The molecule has 218 valence electrons. The fourth-order valence-electron chi connectivity index (χ4n) is 3.72. The highest BCUT2D eigenvalue weighted by Crippen LogP contribution is 2.31. The number of anilines is 1. The minimum atomic E-state index is -5.08. The summed E-state index contributed by atoms with van der Waals surface area (Å²) in [6.07, 6.45) is -1.78. The van der Waals surface area contributed by atoms with Gasteiger partial charge in [0, 0.05) is 45.0 Å². The van der Waals surface area contributed by atoms with Gasteiger partial charge in [-0.1, -0.05) is 0 Å². The zero-order valence-electron chi connectivity index (χ0n) is 20.4. The molecule has 0 radical (unpaired) electrons. The average molecular weight is 574 g/mol. The fraction of sp³-hybridized carbons (Fsp3) is 0.571. The highest BCUT2D eigenvalue weighted by molar-refractivity contribution is 5.73. The zero-order chi connectivity index (χ0) is 29.4. The van der Waals surface area contributed by atoms with Crippen molar-refractivity contribution in [3.8, 4) is 0 Å². The normalized spacial score (nSPS) is 17.5. The third-order valence-corrected chi connectivity index (χ3v) is 5.55. The third kappa shape index (κ3) is 10.3. The minimum Gasteiger partial charge on any atom is -0.475 e. The Balaban J connectivity index is 0.000000317. The second kappa shape index (κ2) is 13.0. The number of carboxylic acid groups (broad SMARTS) is 2. The molecule has 11 nitrogen and oxygen atoms in total. The first-order chi connectivity index (χ1) is 18.0. The van der Waals surface area contributed by atoms with Crippen LogP contribution in [0.15, 0.2) is 24.8 Å². The number of alkyl halides is 6. The van der Waals surface area contributed by atoms with E-state index in [0.29, 0.717) is 12.6 Å². The molecule has 0 saturated carbocycles. The van der Waals surface area contributed by atoms with Crippen LogP contribution in [0.5, 0.6) is 0 Å². The minimum absolute atomic E-state index is 0.151. The molecule has 4 rings (SSSR count). The highest BCUT2D eigenvalue weighted by atomic mass is 19.4. The number of halogens is 7. The Morgan fingerprint density at radius 3 is 1.92 bits per heavy atom. The van der Waals surface area contributed by atoms with E-state index in [1.54, 1.807) is 0 Å². The number of hydrogen-bond acceptors (Lipinski definition) is 8. The number of hydrogen-bond donors (Lipinski definition) is 2. The molecule has 0 atom stereocenters. The van der Waals surface area contributed by atoms with Crippen molar-refractivity contribution in [3.63, 3.8) is 0 Å². The van der Waals surface area contributed by atoms with Crippen LogP contribution in [0.1, 0.15) is 18.4 Å². The van der Waals surface area contributed by atoms with Crippen LogP contribution in [0.25, 0.3) is 0 Å². The summed E-state index contributed by atoms with van der Waals surface area (Å²) in [4.78, 5) is 30.6. The molecule has 2 aromatic rings. The molecule has 0 aromatic carbocycles. The van der Waals surface area contributed by atoms with Gasteiger partial charge in [0.25, 0.3) is 0 Å². The molecule has 2 saturated heterocycles. The van der Waals surface area contributed by atoms with E-state index in [2.05, 4.69) is 31.1 Å². The summed E-state index contributed by atoms with van der Waals surface area (Å²) in [5.74, 6) is -5.34. The molecule has 4 heterocycles. The number of piperidine rings is 1. The van der Waals surface area contributed by atoms with Crippen molar-refractivity contribution in [2.75, 3.05) is 37.7 Å². The van der Waals surface area contributed by atoms with Crippen LogP contribution in [-0.4, -0.2) is 97.5 Å². The first-order valence-electron chi connectivity index (χ1n) is 11.2. The fourth-order valence-corrected chi connectivity index (χ4v) is 3.72. The summed E-state index contributed by atoms with van der Waals surface area (Å²) in [6, 6.07) is 0. The smallest absolute Gasteiger partial charge is 0.475 e. The maximum atomic E-state index is 13.0. The standard InChI is InChI=1S/C17H23FN6O.2C2HF3O2/c1-22-11-14(8-21-22)12-23-4-2-17(3-5-23)13-24(6-7-25-17)16-19-9-15(18)10-20-16;2*3-2(4,5)1(6)7/h8-11H,2-7,12-13H2,1H3;2*(H,6,7). The lowest BCUT2D eigenvalue weighted by Crippen LogP contribution is -2.57. The van der Waals surface area contributed by atoms with Gasteiger partial charge in [-0.15, -0.1) is 0 Å². The number of aromatic nitrogens is 4. The first kappa shape index (κ1) is 31.7. The number of carboxylic acids is 2. The molecule has 0 unspecified atom stereocenters. The zero-order valence-corrected chi connectivity index (χ0v) is 20.4. The van der Waals surface area contributed by atoms with Crippen LogP contribution in [0.4, 0.5) is 36.7 Å². The van der Waals surface area contributed by atoms with Gasteiger partial charge < -0.3 is 19.8 Å². The summed E-state index contributed by atoms with van der Waals surface area (Å²) in [7, 11) is 1.94. The highest BCUT2D eigenvalue weighted by Gasteiger charge is 2.41. The summed E-state index contributed by atoms with van der Waals surface area (Å²) in [5, 5.41) is 18.5. The predicted octanol–water partition coefficient (Wildman–Crippen LogP) is 2.49. The van der Waals surface area contributed by atoms with E-state index in [0.717, 1.165) is 45.6 Å². The molecule has 0 bridgehead atoms. The van der Waals surface area contributed by atoms with E-state index in [4.69, 9.17) is 24.5 Å². The quantitative estimate of drug-likeness (QED) is 0.527. The summed E-state index contributed by atoms with van der Waals surface area (Å²) in [5.41, 5.74) is 1.09. The topological polar surface area (TPSA) is 134 Å². The molecule has 0 aliphatic carbocycles. The van der Waals surface area contributed by atoms with Gasteiger partial charge in [-0.2, -0.15) is 31.4 Å². The number of rotatable bonds is 3. The van der Waals surface area contributed by atoms with Gasteiger partial charge in [0.1, 0.15) is 0 Å². The second-order valence-corrected chi connectivity index (χ2v) is 8.56. The molecular formula is C21H25F7N6O5. The second-order valence-electron chi connectivity index (χ2n) is 8.56. The summed E-state index contributed by atoms with van der Waals surface area (Å²) in [6.45, 7) is 5.07. The number of carbonyl (C=O) groups is 2. The van der Waals surface area contributed by atoms with Gasteiger partial charge in [0.2, 0.25) is 5.95 Å². The Hall–Kier alpha value is -3.54. The van der Waals surface area contributed by atoms with Gasteiger partial charge in [0.05, 0.1) is 37.3 Å². The van der Waals surface area contributed by atoms with Crippen molar-refractivity contribution in [1.82, 2.24) is 24.6 Å². The number of morpholine rings is 1. The van der Waals surface area contributed by atoms with Crippen LogP contribution in [-0.2, 0) is 27.9 Å². The maximum Gasteiger partial charge on any atom is 0.490 e. The number of likely N-dealkylation sites (tertiary alicyclic amines) is 1. The Morgan fingerprint density at radius 2 is 1.49 bits per heavy atom. The molecule has 2 aromatic heterocycles. The van der Waals surface area contributed by atoms with Crippen molar-refractivity contribution in [1.29, 1.82) is 0 Å². The number of ether oxygens (including phenoxy) is 1. The summed E-state index contributed by atoms with van der Waals surface area (Å²) >= 11 is 0. The maximum absolute atomic E-state index is 13.0. The van der Waals surface area contributed by atoms with E-state index in [1.807, 2.05) is 17.9 Å². The Labute approximate surface area is 216 Å². The molecule has 2 fully saturated rings. The van der Waals surface area contributed by atoms with Crippen LogP contribution in [0.3, 0.4) is 0 Å². The van der Waals surface area contributed by atoms with E-state index in [9.17, 15) is 30.7 Å². The lowest BCUT2D eigenvalue weighted by Gasteiger charge is -2.47. The van der Waals surface area contributed by atoms with Gasteiger partial charge in [-0.25, -0.2) is 23.9 Å². The van der Waals surface area contributed by atoms with E-state index >= 15 is 0 Å². The van der Waals surface area contributed by atoms with Crippen LogP contribution in [0.2, 0.25) is 0 Å². The van der Waals surface area contributed by atoms with E-state index < -0.39 is 30.1 Å². The third-order valence-electron chi connectivity index (χ3n) is 5.55. The average Bonchev–Trinajstić information content (AvgIpc) is 3.25. The number of nitrogens with zero attached hydrogens (tertiary/aromatic N) is 6. The molecule has 2 aliphatic heterocycles. The monoisotopic (exact) mass is 574 g/mol. The van der Waals surface area contributed by atoms with Gasteiger partial charge in [-0.05, 0) is 12.8 Å². The lowest BCUT2D eigenvalue weighted by molar-refractivity contribution is -0.193. The predicted molar refractivity (Wildman–Crippen MR) is 118 cm³/mol. The lowest BCUT2D eigenvalue weighted by atomic mass is 9.89. The molecule has 2 aliphatic rings. The van der Waals surface area contributed by atoms with E-state index in [-0.39, 0.29) is 5.60 Å². The Morgan fingerprint density at radius 1 is 0.974 bits per heavy atom. The Kier molecular flexibility index (Phi) is 10.6. The molecule has 18 heteroatoms. The molecule has 1 spiro atoms.